The summed E-state index contributed by atoms with van der Waals surface area (Å²) < 4.78 is 0. The molecule has 106 valence electrons. The van der Waals surface area contributed by atoms with Crippen molar-refractivity contribution in [1.29, 1.82) is 0 Å². The molecule has 2 aromatic rings. The molecule has 0 fully saturated rings. The maximum absolute atomic E-state index is 12.0. The Balaban J connectivity index is 1.87. The van der Waals surface area contributed by atoms with Gasteiger partial charge in [-0.15, -0.1) is 11.3 Å². The van der Waals surface area contributed by atoms with Gasteiger partial charge in [0, 0.05) is 17.5 Å². The van der Waals surface area contributed by atoms with Gasteiger partial charge in [-0.05, 0) is 6.42 Å². The minimum Gasteiger partial charge on any atom is -0.351 e. The molecule has 1 aromatic carbocycles. The monoisotopic (exact) mass is 288 g/mol. The Bertz CT molecular complexity index is 536. The average molecular weight is 288 g/mol. The number of carbonyl (C=O) groups is 1. The van der Waals surface area contributed by atoms with Crippen molar-refractivity contribution >= 4 is 17.2 Å². The predicted molar refractivity (Wildman–Crippen MR) is 84.0 cm³/mol. The lowest BCUT2D eigenvalue weighted by Gasteiger charge is -2.02. The largest absolute Gasteiger partial charge is 0.351 e. The number of benzene rings is 1. The molecular weight excluding hydrogens is 268 g/mol. The number of amides is 1. The summed E-state index contributed by atoms with van der Waals surface area (Å²) >= 11 is 1.51. The Morgan fingerprint density at radius 2 is 2.00 bits per heavy atom. The number of hydrogen-bond donors (Lipinski definition) is 1. The maximum Gasteiger partial charge on any atom is 0.270 e. The number of nitrogens with zero attached hydrogens (tertiary/aromatic N) is 1. The Morgan fingerprint density at radius 1 is 1.20 bits per heavy atom. The fourth-order valence-corrected chi connectivity index (χ4v) is 2.74. The minimum atomic E-state index is -0.0695. The Hall–Kier alpha value is -1.68. The van der Waals surface area contributed by atoms with Crippen LogP contribution in [-0.4, -0.2) is 17.4 Å². The molecule has 0 aliphatic rings. The van der Waals surface area contributed by atoms with E-state index >= 15 is 0 Å². The average Bonchev–Trinajstić information content (AvgIpc) is 2.98. The van der Waals surface area contributed by atoms with E-state index < -0.39 is 0 Å². The third-order valence-corrected chi connectivity index (χ3v) is 3.96. The molecule has 1 N–H and O–H groups in total. The van der Waals surface area contributed by atoms with Gasteiger partial charge in [0.2, 0.25) is 0 Å². The van der Waals surface area contributed by atoms with E-state index in [1.54, 1.807) is 0 Å². The second kappa shape index (κ2) is 7.80. The molecule has 0 unspecified atom stereocenters. The number of carbonyl (C=O) groups excluding carboxylic acids is 1. The van der Waals surface area contributed by atoms with Crippen LogP contribution >= 0.6 is 11.3 Å². The summed E-state index contributed by atoms with van der Waals surface area (Å²) in [6.45, 7) is 2.91. The van der Waals surface area contributed by atoms with Crippen molar-refractivity contribution in [2.45, 2.75) is 32.6 Å². The lowest BCUT2D eigenvalue weighted by atomic mass is 10.2. The highest BCUT2D eigenvalue weighted by Gasteiger charge is 2.10. The Labute approximate surface area is 124 Å². The molecule has 0 saturated carbocycles. The normalized spacial score (nSPS) is 10.4. The first kappa shape index (κ1) is 14.7. The third-order valence-electron chi connectivity index (χ3n) is 3.07. The second-order valence-corrected chi connectivity index (χ2v) is 5.58. The van der Waals surface area contributed by atoms with Gasteiger partial charge < -0.3 is 5.32 Å². The van der Waals surface area contributed by atoms with E-state index in [0.29, 0.717) is 5.69 Å². The van der Waals surface area contributed by atoms with Gasteiger partial charge in [-0.25, -0.2) is 4.98 Å². The van der Waals surface area contributed by atoms with E-state index in [1.807, 2.05) is 35.7 Å². The van der Waals surface area contributed by atoms with Gasteiger partial charge >= 0.3 is 0 Å². The van der Waals surface area contributed by atoms with Gasteiger partial charge in [-0.3, -0.25) is 4.79 Å². The Morgan fingerprint density at radius 3 is 2.75 bits per heavy atom. The number of hydrogen-bond acceptors (Lipinski definition) is 3. The molecular formula is C16H20N2OS. The number of nitrogens with one attached hydrogen (secondary N) is 1. The van der Waals surface area contributed by atoms with E-state index in [2.05, 4.69) is 17.2 Å². The van der Waals surface area contributed by atoms with Crippen molar-refractivity contribution in [3.05, 3.63) is 41.4 Å². The highest BCUT2D eigenvalue weighted by Crippen LogP contribution is 2.23. The lowest BCUT2D eigenvalue weighted by molar-refractivity contribution is 0.0948. The van der Waals surface area contributed by atoms with Crippen molar-refractivity contribution < 1.29 is 4.79 Å². The van der Waals surface area contributed by atoms with E-state index in [-0.39, 0.29) is 5.91 Å². The summed E-state index contributed by atoms with van der Waals surface area (Å²) in [5.41, 5.74) is 1.57. The number of thiazole rings is 1. The molecule has 1 aromatic heterocycles. The van der Waals surface area contributed by atoms with Gasteiger partial charge in [0.1, 0.15) is 10.7 Å². The molecule has 0 saturated heterocycles. The number of rotatable bonds is 7. The second-order valence-electron chi connectivity index (χ2n) is 4.72. The summed E-state index contributed by atoms with van der Waals surface area (Å²) in [6.07, 6.45) is 4.64. The molecule has 0 aliphatic heterocycles. The van der Waals surface area contributed by atoms with Crippen LogP contribution in [0.1, 0.15) is 43.1 Å². The third kappa shape index (κ3) is 4.17. The molecule has 0 aliphatic carbocycles. The van der Waals surface area contributed by atoms with Crippen LogP contribution in [0.15, 0.2) is 35.7 Å². The van der Waals surface area contributed by atoms with Crippen molar-refractivity contribution in [2.75, 3.05) is 6.54 Å². The van der Waals surface area contributed by atoms with Crippen LogP contribution in [0.3, 0.4) is 0 Å². The van der Waals surface area contributed by atoms with E-state index in [9.17, 15) is 4.79 Å². The summed E-state index contributed by atoms with van der Waals surface area (Å²) in [7, 11) is 0. The molecule has 4 heteroatoms. The van der Waals surface area contributed by atoms with Crippen LogP contribution < -0.4 is 5.32 Å². The number of aromatic nitrogens is 1. The maximum atomic E-state index is 12.0. The van der Waals surface area contributed by atoms with E-state index in [1.165, 1.54) is 30.6 Å². The van der Waals surface area contributed by atoms with Crippen molar-refractivity contribution in [3.8, 4) is 10.6 Å². The fraction of sp³-hybridized carbons (Fsp3) is 0.375. The zero-order chi connectivity index (χ0) is 14.2. The molecule has 3 nitrogen and oxygen atoms in total. The van der Waals surface area contributed by atoms with Crippen LogP contribution in [0.2, 0.25) is 0 Å². The highest BCUT2D eigenvalue weighted by atomic mass is 32.1. The van der Waals surface area contributed by atoms with Gasteiger partial charge in [0.05, 0.1) is 0 Å². The van der Waals surface area contributed by atoms with Crippen LogP contribution in [0.25, 0.3) is 10.6 Å². The summed E-state index contributed by atoms with van der Waals surface area (Å²) in [5, 5.41) is 5.64. The van der Waals surface area contributed by atoms with Crippen molar-refractivity contribution in [3.63, 3.8) is 0 Å². The van der Waals surface area contributed by atoms with Crippen LogP contribution in [0.4, 0.5) is 0 Å². The summed E-state index contributed by atoms with van der Waals surface area (Å²) in [4.78, 5) is 16.4. The Kier molecular flexibility index (Phi) is 5.74. The van der Waals surface area contributed by atoms with E-state index in [0.717, 1.165) is 23.5 Å². The topological polar surface area (TPSA) is 42.0 Å². The predicted octanol–water partition coefficient (Wildman–Crippen LogP) is 4.12. The standard InChI is InChI=1S/C16H20N2OS/c1-2-3-4-8-11-17-15(19)14-12-20-16(18-14)13-9-6-5-7-10-13/h5-7,9-10,12H,2-4,8,11H2,1H3,(H,17,19). The van der Waals surface area contributed by atoms with Crippen LogP contribution in [0.5, 0.6) is 0 Å². The molecule has 0 bridgehead atoms. The molecule has 0 radical (unpaired) electrons. The van der Waals surface area contributed by atoms with E-state index in [4.69, 9.17) is 0 Å². The summed E-state index contributed by atoms with van der Waals surface area (Å²) in [6, 6.07) is 9.94. The van der Waals surface area contributed by atoms with Crippen LogP contribution in [0, 0.1) is 0 Å². The van der Waals surface area contributed by atoms with Crippen molar-refractivity contribution in [1.82, 2.24) is 10.3 Å². The molecule has 0 atom stereocenters. The lowest BCUT2D eigenvalue weighted by Crippen LogP contribution is -2.24. The zero-order valence-electron chi connectivity index (χ0n) is 11.8. The minimum absolute atomic E-state index is 0.0695. The first-order chi connectivity index (χ1) is 9.81. The molecule has 1 heterocycles. The first-order valence-electron chi connectivity index (χ1n) is 7.10. The number of unbranched alkanes of at least 4 members (excludes halogenated alkanes) is 3. The molecule has 0 spiro atoms. The highest BCUT2D eigenvalue weighted by molar-refractivity contribution is 7.13. The van der Waals surface area contributed by atoms with Gasteiger partial charge in [-0.2, -0.15) is 0 Å². The SMILES string of the molecule is CCCCCCNC(=O)c1csc(-c2ccccc2)n1. The summed E-state index contributed by atoms with van der Waals surface area (Å²) in [5.74, 6) is -0.0695. The van der Waals surface area contributed by atoms with Gasteiger partial charge in [-0.1, -0.05) is 56.5 Å². The van der Waals surface area contributed by atoms with Crippen LogP contribution in [-0.2, 0) is 0 Å². The zero-order valence-corrected chi connectivity index (χ0v) is 12.6. The smallest absolute Gasteiger partial charge is 0.270 e. The molecule has 1 amide bonds. The molecule has 20 heavy (non-hydrogen) atoms. The quantitative estimate of drug-likeness (QED) is 0.779. The first-order valence-corrected chi connectivity index (χ1v) is 7.98. The van der Waals surface area contributed by atoms with Gasteiger partial charge in [0.15, 0.2) is 0 Å². The van der Waals surface area contributed by atoms with Crippen molar-refractivity contribution in [2.24, 2.45) is 0 Å². The van der Waals surface area contributed by atoms with Gasteiger partial charge in [0.25, 0.3) is 5.91 Å². The fourth-order valence-electron chi connectivity index (χ4n) is 1.94. The molecule has 2 rings (SSSR count).